The van der Waals surface area contributed by atoms with Crippen molar-refractivity contribution in [3.63, 3.8) is 0 Å². The van der Waals surface area contributed by atoms with E-state index in [-0.39, 0.29) is 22.9 Å². The average molecular weight is 329 g/mol. The molecule has 114 valence electrons. The quantitative estimate of drug-likeness (QED) is 0.670. The number of thiophene rings is 1. The molecule has 0 aliphatic carbocycles. The van der Waals surface area contributed by atoms with Gasteiger partial charge in [-0.05, 0) is 18.9 Å². The van der Waals surface area contributed by atoms with Crippen LogP contribution in [0.4, 0.5) is 0 Å². The Morgan fingerprint density at radius 3 is 2.62 bits per heavy atom. The van der Waals surface area contributed by atoms with E-state index in [1.807, 2.05) is 0 Å². The third-order valence-electron chi connectivity index (χ3n) is 2.89. The van der Waals surface area contributed by atoms with Gasteiger partial charge in [-0.1, -0.05) is 18.2 Å². The molecule has 0 radical (unpaired) electrons. The summed E-state index contributed by atoms with van der Waals surface area (Å²) in [6.07, 6.45) is 0.971. The van der Waals surface area contributed by atoms with E-state index in [2.05, 4.69) is 4.72 Å². The maximum absolute atomic E-state index is 12.4. The first-order chi connectivity index (χ1) is 9.97. The number of unbranched alkanes of at least 4 members (excludes halogenated alkanes) is 1. The molecule has 0 unspecified atom stereocenters. The highest BCUT2D eigenvalue weighted by molar-refractivity contribution is 7.90. The summed E-state index contributed by atoms with van der Waals surface area (Å²) >= 11 is 0.944. The van der Waals surface area contributed by atoms with Crippen molar-refractivity contribution in [2.24, 2.45) is 0 Å². The molecule has 0 fully saturated rings. The first-order valence-corrected chi connectivity index (χ1v) is 8.62. The van der Waals surface area contributed by atoms with Crippen molar-refractivity contribution in [2.75, 3.05) is 13.2 Å². The van der Waals surface area contributed by atoms with Crippen molar-refractivity contribution in [1.82, 2.24) is 4.72 Å². The van der Waals surface area contributed by atoms with Crippen LogP contribution in [0.15, 0.2) is 29.2 Å². The molecule has 1 aromatic heterocycles. The molecule has 0 aliphatic rings. The van der Waals surface area contributed by atoms with Gasteiger partial charge in [0.1, 0.15) is 9.77 Å². The SMILES string of the molecule is O=C(O)c1sc2ccccc2c1S(=O)(=O)NCCCCO. The Kier molecular flexibility index (Phi) is 4.94. The van der Waals surface area contributed by atoms with E-state index < -0.39 is 16.0 Å². The van der Waals surface area contributed by atoms with Crippen molar-refractivity contribution in [3.05, 3.63) is 29.1 Å². The van der Waals surface area contributed by atoms with Crippen LogP contribution in [0.1, 0.15) is 22.5 Å². The number of aliphatic hydroxyl groups is 1. The second-order valence-corrected chi connectivity index (χ2v) is 7.15. The number of aromatic carboxylic acids is 1. The molecular formula is C13H15NO5S2. The maximum atomic E-state index is 12.4. The van der Waals surface area contributed by atoms with Crippen molar-refractivity contribution in [1.29, 1.82) is 0 Å². The minimum atomic E-state index is -3.90. The first kappa shape index (κ1) is 15.9. The smallest absolute Gasteiger partial charge is 0.347 e. The van der Waals surface area contributed by atoms with Crippen molar-refractivity contribution in [2.45, 2.75) is 17.7 Å². The number of sulfonamides is 1. The van der Waals surface area contributed by atoms with E-state index in [0.717, 1.165) is 11.3 Å². The molecule has 0 amide bonds. The molecule has 6 nitrogen and oxygen atoms in total. The second-order valence-electron chi connectivity index (χ2n) is 4.39. The summed E-state index contributed by atoms with van der Waals surface area (Å²) in [5.41, 5.74) is 0. The van der Waals surface area contributed by atoms with Gasteiger partial charge in [0.2, 0.25) is 10.0 Å². The van der Waals surface area contributed by atoms with Crippen LogP contribution in [-0.2, 0) is 10.0 Å². The topological polar surface area (TPSA) is 104 Å². The van der Waals surface area contributed by atoms with Gasteiger partial charge >= 0.3 is 5.97 Å². The van der Waals surface area contributed by atoms with Gasteiger partial charge in [0.05, 0.1) is 0 Å². The largest absolute Gasteiger partial charge is 0.477 e. The Bertz CT molecular complexity index is 751. The van der Waals surface area contributed by atoms with Crippen LogP contribution in [0, 0.1) is 0 Å². The zero-order valence-corrected chi connectivity index (χ0v) is 12.7. The van der Waals surface area contributed by atoms with Crippen LogP contribution < -0.4 is 4.72 Å². The monoisotopic (exact) mass is 329 g/mol. The van der Waals surface area contributed by atoms with Crippen molar-refractivity contribution >= 4 is 37.4 Å². The van der Waals surface area contributed by atoms with Crippen LogP contribution in [0.25, 0.3) is 10.1 Å². The normalized spacial score (nSPS) is 11.9. The van der Waals surface area contributed by atoms with Gasteiger partial charge in [0, 0.05) is 23.2 Å². The van der Waals surface area contributed by atoms with E-state index in [4.69, 9.17) is 5.11 Å². The lowest BCUT2D eigenvalue weighted by Gasteiger charge is -2.06. The molecule has 2 aromatic rings. The zero-order valence-electron chi connectivity index (χ0n) is 11.1. The van der Waals surface area contributed by atoms with Crippen molar-refractivity contribution in [3.8, 4) is 0 Å². The van der Waals surface area contributed by atoms with E-state index in [1.165, 1.54) is 0 Å². The average Bonchev–Trinajstić information content (AvgIpc) is 2.84. The molecular weight excluding hydrogens is 314 g/mol. The first-order valence-electron chi connectivity index (χ1n) is 6.32. The molecule has 0 atom stereocenters. The van der Waals surface area contributed by atoms with Gasteiger partial charge in [-0.15, -0.1) is 11.3 Å². The van der Waals surface area contributed by atoms with E-state index >= 15 is 0 Å². The summed E-state index contributed by atoms with van der Waals surface area (Å²) in [5.74, 6) is -1.26. The zero-order chi connectivity index (χ0) is 15.5. The highest BCUT2D eigenvalue weighted by Gasteiger charge is 2.27. The highest BCUT2D eigenvalue weighted by Crippen LogP contribution is 2.34. The molecule has 0 bridgehead atoms. The summed E-state index contributed by atoms with van der Waals surface area (Å²) in [5, 5.41) is 18.3. The Labute approximate surface area is 126 Å². The molecule has 8 heteroatoms. The third kappa shape index (κ3) is 3.41. The van der Waals surface area contributed by atoms with Gasteiger partial charge in [0.15, 0.2) is 0 Å². The Morgan fingerprint density at radius 2 is 1.95 bits per heavy atom. The minimum Gasteiger partial charge on any atom is -0.477 e. The number of hydrogen-bond donors (Lipinski definition) is 3. The van der Waals surface area contributed by atoms with Gasteiger partial charge < -0.3 is 10.2 Å². The lowest BCUT2D eigenvalue weighted by atomic mass is 10.2. The van der Waals surface area contributed by atoms with E-state index in [1.54, 1.807) is 24.3 Å². The molecule has 3 N–H and O–H groups in total. The summed E-state index contributed by atoms with van der Waals surface area (Å²) in [4.78, 5) is 10.9. The molecule has 1 aromatic carbocycles. The number of fused-ring (bicyclic) bond motifs is 1. The molecule has 0 aliphatic heterocycles. The standard InChI is InChI=1S/C13H15NO5S2/c15-8-4-3-7-14-21(18,19)12-9-5-1-2-6-10(9)20-11(12)13(16)17/h1-2,5-6,14-15H,3-4,7-8H2,(H,16,17). The number of aliphatic hydroxyl groups excluding tert-OH is 1. The number of carboxylic acids is 1. The fourth-order valence-electron chi connectivity index (χ4n) is 1.94. The van der Waals surface area contributed by atoms with Gasteiger partial charge in [0.25, 0.3) is 0 Å². The molecule has 1 heterocycles. The predicted octanol–water partition coefficient (Wildman–Crippen LogP) is 1.65. The summed E-state index contributed by atoms with van der Waals surface area (Å²) in [7, 11) is -3.90. The number of carboxylic acid groups (broad SMARTS) is 1. The van der Waals surface area contributed by atoms with Gasteiger partial charge in [-0.2, -0.15) is 0 Å². The van der Waals surface area contributed by atoms with E-state index in [0.29, 0.717) is 22.9 Å². The Morgan fingerprint density at radius 1 is 1.24 bits per heavy atom. The lowest BCUT2D eigenvalue weighted by Crippen LogP contribution is -2.26. The lowest BCUT2D eigenvalue weighted by molar-refractivity contribution is 0.0698. The molecule has 0 spiro atoms. The molecule has 0 saturated heterocycles. The number of benzene rings is 1. The van der Waals surface area contributed by atoms with Gasteiger partial charge in [-0.25, -0.2) is 17.9 Å². The summed E-state index contributed by atoms with van der Waals surface area (Å²) in [6.45, 7) is 0.148. The number of rotatable bonds is 7. The number of nitrogens with one attached hydrogen (secondary N) is 1. The molecule has 21 heavy (non-hydrogen) atoms. The van der Waals surface area contributed by atoms with Crippen LogP contribution in [0.3, 0.4) is 0 Å². The fourth-order valence-corrected chi connectivity index (χ4v) is 4.76. The Balaban J connectivity index is 2.43. The second kappa shape index (κ2) is 6.52. The number of hydrogen-bond acceptors (Lipinski definition) is 5. The summed E-state index contributed by atoms with van der Waals surface area (Å²) in [6, 6.07) is 6.69. The minimum absolute atomic E-state index is 0.0104. The maximum Gasteiger partial charge on any atom is 0.347 e. The van der Waals surface area contributed by atoms with Crippen LogP contribution in [0.2, 0.25) is 0 Å². The number of carbonyl (C=O) groups is 1. The fraction of sp³-hybridized carbons (Fsp3) is 0.308. The Hall–Kier alpha value is -1.48. The predicted molar refractivity (Wildman–Crippen MR) is 80.3 cm³/mol. The molecule has 0 saturated carbocycles. The molecule has 2 rings (SSSR count). The third-order valence-corrected chi connectivity index (χ3v) is 5.72. The van der Waals surface area contributed by atoms with E-state index in [9.17, 15) is 18.3 Å². The van der Waals surface area contributed by atoms with Gasteiger partial charge in [-0.3, -0.25) is 0 Å². The van der Waals surface area contributed by atoms with Crippen LogP contribution in [-0.4, -0.2) is 37.8 Å². The highest BCUT2D eigenvalue weighted by atomic mass is 32.2. The summed E-state index contributed by atoms with van der Waals surface area (Å²) < 4.78 is 27.7. The van der Waals surface area contributed by atoms with Crippen LogP contribution >= 0.6 is 11.3 Å². The van der Waals surface area contributed by atoms with Crippen LogP contribution in [0.5, 0.6) is 0 Å². The van der Waals surface area contributed by atoms with Crippen molar-refractivity contribution < 1.29 is 23.4 Å².